The van der Waals surface area contributed by atoms with Crippen LogP contribution >= 0.6 is 0 Å². The van der Waals surface area contributed by atoms with E-state index in [1.807, 2.05) is 0 Å². The number of benzene rings is 1. The van der Waals surface area contributed by atoms with Crippen molar-refractivity contribution in [2.45, 2.75) is 6.10 Å². The maximum atomic E-state index is 12.8. The lowest BCUT2D eigenvalue weighted by Gasteiger charge is -2.32. The number of carbonyl (C=O) groups excluding carboxylic acids is 1. The molecule has 2 rings (SSSR count). The van der Waals surface area contributed by atoms with Crippen molar-refractivity contribution in [2.24, 2.45) is 0 Å². The Kier molecular flexibility index (Phi) is 3.54. The Bertz CT molecular complexity index is 416. The fourth-order valence-corrected chi connectivity index (χ4v) is 1.83. The highest BCUT2D eigenvalue weighted by Gasteiger charge is 2.26. The second-order valence-electron chi connectivity index (χ2n) is 3.94. The van der Waals surface area contributed by atoms with Gasteiger partial charge < -0.3 is 9.64 Å². The van der Waals surface area contributed by atoms with Crippen molar-refractivity contribution >= 4 is 5.91 Å². The molecule has 1 amide bonds. The zero-order chi connectivity index (χ0) is 12.3. The van der Waals surface area contributed by atoms with E-state index in [-0.39, 0.29) is 24.4 Å². The summed E-state index contributed by atoms with van der Waals surface area (Å²) in [5.41, 5.74) is 0.882. The van der Waals surface area contributed by atoms with Gasteiger partial charge in [0.1, 0.15) is 18.5 Å². The van der Waals surface area contributed by atoms with E-state index in [1.165, 1.54) is 12.1 Å². The highest BCUT2D eigenvalue weighted by atomic mass is 19.1. The Labute approximate surface area is 99.5 Å². The molecule has 4 heteroatoms. The van der Waals surface area contributed by atoms with Crippen LogP contribution in [0.3, 0.4) is 0 Å². The van der Waals surface area contributed by atoms with E-state index in [0.29, 0.717) is 13.1 Å². The third-order valence-corrected chi connectivity index (χ3v) is 2.74. The Morgan fingerprint density at radius 1 is 1.47 bits per heavy atom. The first-order valence-corrected chi connectivity index (χ1v) is 5.46. The average molecular weight is 235 g/mol. The lowest BCUT2D eigenvalue weighted by molar-refractivity contribution is -0.148. The summed E-state index contributed by atoms with van der Waals surface area (Å²) in [6.07, 6.45) is 1.50. The van der Waals surface area contributed by atoms with Crippen molar-refractivity contribution in [3.8, 4) is 0 Å². The molecule has 1 aliphatic rings. The van der Waals surface area contributed by atoms with E-state index < -0.39 is 0 Å². The Balaban J connectivity index is 2.09. The zero-order valence-electron chi connectivity index (χ0n) is 9.43. The number of carbonyl (C=O) groups is 1. The predicted molar refractivity (Wildman–Crippen MR) is 61.9 cm³/mol. The normalized spacial score (nSPS) is 20.4. The standard InChI is InChI=1S/C13H14FNO2/c1-2-7-15-8-12(17-9-13(15)16)10-3-5-11(14)6-4-10/h2-6,12H,1,7-9H2/t12-/m1/s1. The Hall–Kier alpha value is -1.68. The van der Waals surface area contributed by atoms with Crippen LogP contribution in [0.2, 0.25) is 0 Å². The van der Waals surface area contributed by atoms with Gasteiger partial charge >= 0.3 is 0 Å². The molecule has 90 valence electrons. The molecule has 1 atom stereocenters. The molecule has 0 aliphatic carbocycles. The van der Waals surface area contributed by atoms with Crippen molar-refractivity contribution in [1.29, 1.82) is 0 Å². The summed E-state index contributed by atoms with van der Waals surface area (Å²) in [5, 5.41) is 0. The highest BCUT2D eigenvalue weighted by Crippen LogP contribution is 2.22. The Morgan fingerprint density at radius 2 is 2.18 bits per heavy atom. The minimum absolute atomic E-state index is 0.0386. The molecule has 0 aromatic heterocycles. The molecule has 1 aromatic carbocycles. The van der Waals surface area contributed by atoms with Crippen LogP contribution in [0, 0.1) is 5.82 Å². The van der Waals surface area contributed by atoms with Gasteiger partial charge in [0.25, 0.3) is 0 Å². The smallest absolute Gasteiger partial charge is 0.248 e. The third-order valence-electron chi connectivity index (χ3n) is 2.74. The van der Waals surface area contributed by atoms with Crippen LogP contribution in [0.15, 0.2) is 36.9 Å². The summed E-state index contributed by atoms with van der Waals surface area (Å²) < 4.78 is 18.2. The van der Waals surface area contributed by atoms with Crippen molar-refractivity contribution < 1.29 is 13.9 Å². The van der Waals surface area contributed by atoms with Crippen LogP contribution in [-0.4, -0.2) is 30.5 Å². The van der Waals surface area contributed by atoms with Gasteiger partial charge in [-0.25, -0.2) is 4.39 Å². The molecule has 1 aromatic rings. The van der Waals surface area contributed by atoms with Crippen LogP contribution in [-0.2, 0) is 9.53 Å². The first kappa shape index (κ1) is 11.8. The minimum atomic E-state index is -0.274. The van der Waals surface area contributed by atoms with E-state index in [2.05, 4.69) is 6.58 Å². The molecule has 0 unspecified atom stereocenters. The number of hydrogen-bond donors (Lipinski definition) is 0. The lowest BCUT2D eigenvalue weighted by atomic mass is 10.1. The van der Waals surface area contributed by atoms with Crippen LogP contribution in [0.1, 0.15) is 11.7 Å². The summed E-state index contributed by atoms with van der Waals surface area (Å²) in [6.45, 7) is 4.68. The maximum Gasteiger partial charge on any atom is 0.248 e. The number of amides is 1. The highest BCUT2D eigenvalue weighted by molar-refractivity contribution is 5.78. The molecule has 0 saturated carbocycles. The first-order valence-electron chi connectivity index (χ1n) is 5.46. The number of rotatable bonds is 3. The summed E-state index contributed by atoms with van der Waals surface area (Å²) in [4.78, 5) is 13.2. The van der Waals surface area contributed by atoms with Crippen molar-refractivity contribution in [2.75, 3.05) is 19.7 Å². The molecule has 1 saturated heterocycles. The maximum absolute atomic E-state index is 12.8. The topological polar surface area (TPSA) is 29.5 Å². The number of ether oxygens (including phenoxy) is 1. The fraction of sp³-hybridized carbons (Fsp3) is 0.308. The van der Waals surface area contributed by atoms with Crippen molar-refractivity contribution in [1.82, 2.24) is 4.90 Å². The van der Waals surface area contributed by atoms with Crippen molar-refractivity contribution in [3.63, 3.8) is 0 Å². The second kappa shape index (κ2) is 5.10. The lowest BCUT2D eigenvalue weighted by Crippen LogP contribution is -2.43. The van der Waals surface area contributed by atoms with Gasteiger partial charge in [0.05, 0.1) is 6.54 Å². The van der Waals surface area contributed by atoms with Crippen LogP contribution in [0.25, 0.3) is 0 Å². The molecule has 3 nitrogen and oxygen atoms in total. The predicted octanol–water partition coefficient (Wildman–Crippen LogP) is 1.91. The fourth-order valence-electron chi connectivity index (χ4n) is 1.83. The van der Waals surface area contributed by atoms with E-state index in [0.717, 1.165) is 5.56 Å². The molecule has 1 fully saturated rings. The van der Waals surface area contributed by atoms with Gasteiger partial charge in [0.2, 0.25) is 5.91 Å². The first-order chi connectivity index (χ1) is 8.20. The van der Waals surface area contributed by atoms with Gasteiger partial charge in [-0.05, 0) is 17.7 Å². The molecular weight excluding hydrogens is 221 g/mol. The van der Waals surface area contributed by atoms with Gasteiger partial charge in [0, 0.05) is 6.54 Å². The van der Waals surface area contributed by atoms with Gasteiger partial charge in [0.15, 0.2) is 0 Å². The Morgan fingerprint density at radius 3 is 2.82 bits per heavy atom. The van der Waals surface area contributed by atoms with E-state index in [4.69, 9.17) is 4.74 Å². The summed E-state index contributed by atoms with van der Waals surface area (Å²) in [5.74, 6) is -0.313. The van der Waals surface area contributed by atoms with Gasteiger partial charge in [-0.2, -0.15) is 0 Å². The molecular formula is C13H14FNO2. The zero-order valence-corrected chi connectivity index (χ0v) is 9.43. The monoisotopic (exact) mass is 235 g/mol. The molecule has 1 aliphatic heterocycles. The largest absolute Gasteiger partial charge is 0.362 e. The van der Waals surface area contributed by atoms with Crippen LogP contribution < -0.4 is 0 Å². The molecule has 0 bridgehead atoms. The summed E-state index contributed by atoms with van der Waals surface area (Å²) in [7, 11) is 0. The summed E-state index contributed by atoms with van der Waals surface area (Å²) in [6, 6.07) is 6.16. The van der Waals surface area contributed by atoms with Gasteiger partial charge in [-0.15, -0.1) is 6.58 Å². The minimum Gasteiger partial charge on any atom is -0.362 e. The SMILES string of the molecule is C=CCN1C[C@H](c2ccc(F)cc2)OCC1=O. The third kappa shape index (κ3) is 2.71. The van der Waals surface area contributed by atoms with Crippen LogP contribution in [0.5, 0.6) is 0 Å². The average Bonchev–Trinajstić information content (AvgIpc) is 2.33. The van der Waals surface area contributed by atoms with Gasteiger partial charge in [-0.1, -0.05) is 18.2 Å². The van der Waals surface area contributed by atoms with Crippen LogP contribution in [0.4, 0.5) is 4.39 Å². The van der Waals surface area contributed by atoms with E-state index >= 15 is 0 Å². The molecule has 0 spiro atoms. The number of nitrogens with zero attached hydrogens (tertiary/aromatic N) is 1. The van der Waals surface area contributed by atoms with E-state index in [9.17, 15) is 9.18 Å². The second-order valence-corrected chi connectivity index (χ2v) is 3.94. The summed E-state index contributed by atoms with van der Waals surface area (Å²) >= 11 is 0. The van der Waals surface area contributed by atoms with Gasteiger partial charge in [-0.3, -0.25) is 4.79 Å². The quantitative estimate of drug-likeness (QED) is 0.749. The molecule has 1 heterocycles. The van der Waals surface area contributed by atoms with Crippen molar-refractivity contribution in [3.05, 3.63) is 48.3 Å². The number of halogens is 1. The van der Waals surface area contributed by atoms with E-state index in [1.54, 1.807) is 23.1 Å². The molecule has 0 radical (unpaired) electrons. The molecule has 0 N–H and O–H groups in total. The molecule has 17 heavy (non-hydrogen) atoms. The number of morpholine rings is 1. The number of hydrogen-bond acceptors (Lipinski definition) is 2.